The lowest BCUT2D eigenvalue weighted by molar-refractivity contribution is 0.468. The van der Waals surface area contributed by atoms with Crippen molar-refractivity contribution in [1.29, 1.82) is 5.26 Å². The van der Waals surface area contributed by atoms with Gasteiger partial charge in [-0.15, -0.1) is 0 Å². The van der Waals surface area contributed by atoms with Crippen molar-refractivity contribution in [2.24, 2.45) is 0 Å². The molecule has 2 nitrogen and oxygen atoms in total. The quantitative estimate of drug-likeness (QED) is 0.336. The smallest absolute Gasteiger partial charge is 0.184 e. The van der Waals surface area contributed by atoms with E-state index in [-0.39, 0.29) is 14.0 Å². The van der Waals surface area contributed by atoms with Crippen LogP contribution in [0.15, 0.2) is 28.0 Å². The van der Waals surface area contributed by atoms with Gasteiger partial charge in [-0.2, -0.15) is 5.26 Å². The highest BCUT2D eigenvalue weighted by atomic mass is 127. The minimum absolute atomic E-state index is 0.200. The first-order chi connectivity index (χ1) is 9.86. The zero-order valence-electron chi connectivity index (χ0n) is 10.1. The molecule has 0 saturated heterocycles. The first-order valence-electron chi connectivity index (χ1n) is 5.35. The van der Waals surface area contributed by atoms with Crippen LogP contribution in [-0.2, 0) is 0 Å². The fourth-order valence-corrected chi connectivity index (χ4v) is 3.10. The molecule has 0 fully saturated rings. The zero-order valence-corrected chi connectivity index (χ0v) is 13.0. The van der Waals surface area contributed by atoms with Gasteiger partial charge in [-0.25, -0.2) is 17.6 Å². The Hall–Kier alpha value is -1.47. The number of nitriles is 1. The van der Waals surface area contributed by atoms with E-state index in [1.54, 1.807) is 6.07 Å². The van der Waals surface area contributed by atoms with Crippen LogP contribution in [0.1, 0.15) is 5.56 Å². The van der Waals surface area contributed by atoms with Crippen molar-refractivity contribution < 1.29 is 17.6 Å². The predicted molar refractivity (Wildman–Crippen MR) is 78.7 cm³/mol. The first kappa shape index (κ1) is 15.9. The molecule has 21 heavy (non-hydrogen) atoms. The summed E-state index contributed by atoms with van der Waals surface area (Å²) in [6.45, 7) is 0. The molecular formula is C13H5F4IN2S. The van der Waals surface area contributed by atoms with E-state index in [0.717, 1.165) is 12.1 Å². The maximum Gasteiger partial charge on any atom is 0.184 e. The van der Waals surface area contributed by atoms with Crippen LogP contribution >= 0.6 is 34.4 Å². The average Bonchev–Trinajstić information content (AvgIpc) is 2.49. The maximum atomic E-state index is 14.0. The Labute approximate surface area is 135 Å². The fourth-order valence-electron chi connectivity index (χ4n) is 1.49. The Kier molecular flexibility index (Phi) is 4.63. The highest BCUT2D eigenvalue weighted by Crippen LogP contribution is 2.38. The highest BCUT2D eigenvalue weighted by Gasteiger charge is 2.23. The Morgan fingerprint density at radius 3 is 2.38 bits per heavy atom. The molecule has 0 radical (unpaired) electrons. The Balaban J connectivity index is 2.53. The molecular weight excluding hydrogens is 419 g/mol. The van der Waals surface area contributed by atoms with Gasteiger partial charge < -0.3 is 5.73 Å². The summed E-state index contributed by atoms with van der Waals surface area (Å²) in [5.41, 5.74) is 4.37. The summed E-state index contributed by atoms with van der Waals surface area (Å²) in [5, 5.41) is 8.72. The largest absolute Gasteiger partial charge is 0.395 e. The Bertz CT molecular complexity index is 745. The maximum absolute atomic E-state index is 14.0. The Morgan fingerprint density at radius 1 is 1.10 bits per heavy atom. The van der Waals surface area contributed by atoms with Crippen LogP contribution in [0.5, 0.6) is 0 Å². The number of rotatable bonds is 2. The van der Waals surface area contributed by atoms with Gasteiger partial charge in [0, 0.05) is 4.90 Å². The molecule has 0 bridgehead atoms. The third-order valence-electron chi connectivity index (χ3n) is 2.54. The molecule has 0 aliphatic carbocycles. The van der Waals surface area contributed by atoms with E-state index in [4.69, 9.17) is 11.0 Å². The lowest BCUT2D eigenvalue weighted by Crippen LogP contribution is -2.04. The van der Waals surface area contributed by atoms with Crippen molar-refractivity contribution >= 4 is 40.0 Å². The van der Waals surface area contributed by atoms with E-state index in [9.17, 15) is 17.6 Å². The third kappa shape index (κ3) is 2.94. The van der Waals surface area contributed by atoms with Crippen LogP contribution in [0, 0.1) is 38.2 Å². The van der Waals surface area contributed by atoms with Crippen LogP contribution < -0.4 is 5.73 Å². The second-order valence-corrected chi connectivity index (χ2v) is 6.02. The predicted octanol–water partition coefficient (Wildman–Crippen LogP) is 4.45. The normalized spacial score (nSPS) is 10.5. The van der Waals surface area contributed by atoms with Gasteiger partial charge in [-0.1, -0.05) is 11.8 Å². The second-order valence-electron chi connectivity index (χ2n) is 3.85. The number of nitrogens with zero attached hydrogens (tertiary/aromatic N) is 1. The highest BCUT2D eigenvalue weighted by molar-refractivity contribution is 14.1. The molecule has 0 atom stereocenters. The summed E-state index contributed by atoms with van der Waals surface area (Å²) in [5.74, 6) is -4.51. The minimum atomic E-state index is -1.42. The summed E-state index contributed by atoms with van der Waals surface area (Å²) in [4.78, 5) is -0.396. The molecule has 2 rings (SSSR count). The molecule has 0 aliphatic rings. The summed E-state index contributed by atoms with van der Waals surface area (Å²) >= 11 is 2.01. The SMILES string of the molecule is N#Cc1cc(Sc2c(F)c(F)c(N)c(I)c2F)ccc1F. The van der Waals surface area contributed by atoms with Crippen molar-refractivity contribution in [3.63, 3.8) is 0 Å². The summed E-state index contributed by atoms with van der Waals surface area (Å²) in [6, 6.07) is 4.97. The minimum Gasteiger partial charge on any atom is -0.395 e. The van der Waals surface area contributed by atoms with Crippen molar-refractivity contribution in [2.45, 2.75) is 9.79 Å². The Morgan fingerprint density at radius 2 is 1.76 bits per heavy atom. The van der Waals surface area contributed by atoms with Crippen LogP contribution in [0.25, 0.3) is 0 Å². The molecule has 0 spiro atoms. The van der Waals surface area contributed by atoms with E-state index in [0.29, 0.717) is 11.8 Å². The van der Waals surface area contributed by atoms with Crippen LogP contribution in [0.3, 0.4) is 0 Å². The molecule has 0 aromatic heterocycles. The van der Waals surface area contributed by atoms with Gasteiger partial charge >= 0.3 is 0 Å². The second kappa shape index (κ2) is 6.11. The molecule has 2 N–H and O–H groups in total. The standard InChI is InChI=1S/C13H5F4IN2S/c14-7-2-1-6(3-5(7)4-19)21-13-9(16)8(15)12(20)11(18)10(13)17/h1-3H,20H2. The van der Waals surface area contributed by atoms with E-state index in [1.807, 2.05) is 0 Å². The number of hydrogen-bond donors (Lipinski definition) is 1. The molecule has 0 saturated carbocycles. The number of benzene rings is 2. The zero-order chi connectivity index (χ0) is 15.7. The van der Waals surface area contributed by atoms with E-state index < -0.39 is 33.9 Å². The van der Waals surface area contributed by atoms with Crippen molar-refractivity contribution in [1.82, 2.24) is 0 Å². The number of halogens is 5. The van der Waals surface area contributed by atoms with Crippen LogP contribution in [0.2, 0.25) is 0 Å². The molecule has 0 aliphatic heterocycles. The van der Waals surface area contributed by atoms with E-state index in [2.05, 4.69) is 0 Å². The molecule has 8 heteroatoms. The molecule has 0 amide bonds. The lowest BCUT2D eigenvalue weighted by Gasteiger charge is -2.10. The van der Waals surface area contributed by atoms with Gasteiger partial charge in [0.05, 0.1) is 19.7 Å². The average molecular weight is 424 g/mol. The van der Waals surface area contributed by atoms with Crippen LogP contribution in [0.4, 0.5) is 23.2 Å². The van der Waals surface area contributed by atoms with Crippen molar-refractivity contribution in [2.75, 3.05) is 5.73 Å². The molecule has 2 aromatic rings. The molecule has 0 unspecified atom stereocenters. The van der Waals surface area contributed by atoms with E-state index in [1.165, 1.54) is 28.7 Å². The van der Waals surface area contributed by atoms with Gasteiger partial charge in [-0.05, 0) is 40.8 Å². The topological polar surface area (TPSA) is 49.8 Å². The summed E-state index contributed by atoms with van der Waals surface area (Å²) in [6.07, 6.45) is 0. The number of anilines is 1. The first-order valence-corrected chi connectivity index (χ1v) is 7.25. The van der Waals surface area contributed by atoms with Gasteiger partial charge in [0.25, 0.3) is 0 Å². The monoisotopic (exact) mass is 424 g/mol. The fraction of sp³-hybridized carbons (Fsp3) is 0. The van der Waals surface area contributed by atoms with Crippen LogP contribution in [-0.4, -0.2) is 0 Å². The number of nitrogen functional groups attached to an aromatic ring is 1. The van der Waals surface area contributed by atoms with Crippen molar-refractivity contribution in [3.05, 3.63) is 50.6 Å². The van der Waals surface area contributed by atoms with E-state index >= 15 is 0 Å². The molecule has 108 valence electrons. The third-order valence-corrected chi connectivity index (χ3v) is 4.64. The van der Waals surface area contributed by atoms with Gasteiger partial charge in [0.15, 0.2) is 17.5 Å². The molecule has 0 heterocycles. The molecule has 2 aromatic carbocycles. The summed E-state index contributed by atoms with van der Waals surface area (Å²) in [7, 11) is 0. The lowest BCUT2D eigenvalue weighted by atomic mass is 10.2. The van der Waals surface area contributed by atoms with Gasteiger partial charge in [-0.3, -0.25) is 0 Å². The van der Waals surface area contributed by atoms with Gasteiger partial charge in [0.2, 0.25) is 0 Å². The number of hydrogen-bond acceptors (Lipinski definition) is 3. The number of nitrogens with two attached hydrogens (primary N) is 1. The summed E-state index contributed by atoms with van der Waals surface area (Å²) < 4.78 is 54.3. The van der Waals surface area contributed by atoms with Crippen molar-refractivity contribution in [3.8, 4) is 6.07 Å². The van der Waals surface area contributed by atoms with Gasteiger partial charge in [0.1, 0.15) is 11.9 Å².